The molecule has 9 N–H and O–H groups in total. The second kappa shape index (κ2) is 16.0. The van der Waals surface area contributed by atoms with Gasteiger partial charge in [0.1, 0.15) is 22.9 Å². The number of aryl methyl sites for hydroxylation is 2. The molecule has 0 fully saturated rings. The predicted molar refractivity (Wildman–Crippen MR) is 207 cm³/mol. The van der Waals surface area contributed by atoms with E-state index in [0.29, 0.717) is 6.20 Å². The van der Waals surface area contributed by atoms with Gasteiger partial charge in [0.15, 0.2) is 52.2 Å². The maximum absolute atomic E-state index is 14.5. The van der Waals surface area contributed by atoms with Gasteiger partial charge in [-0.2, -0.15) is 4.39 Å². The van der Waals surface area contributed by atoms with Gasteiger partial charge in [-0.3, -0.25) is 20.4 Å². The molecule has 2 aliphatic carbocycles. The van der Waals surface area contributed by atoms with Gasteiger partial charge >= 0.3 is 0 Å². The molecule has 0 amide bonds. The van der Waals surface area contributed by atoms with Gasteiger partial charge in [-0.25, -0.2) is 35.1 Å². The molecule has 11 nitrogen and oxygen atoms in total. The molecular weight excluding hydrogens is 843 g/mol. The number of aromatic hydroxyl groups is 3. The largest absolute Gasteiger partial charge is 0.507 e. The van der Waals surface area contributed by atoms with E-state index in [0.717, 1.165) is 6.20 Å². The zero-order valence-corrected chi connectivity index (χ0v) is 32.9. The number of aliphatic hydroxyl groups excluding tert-OH is 2. The number of nitrogens with one attached hydrogen (secondary N) is 4. The number of phenols is 3. The highest BCUT2D eigenvalue weighted by molar-refractivity contribution is 6.35. The molecular formula is C42H33F9N4O7. The molecule has 0 unspecified atom stereocenters. The molecule has 6 rings (SSSR count). The van der Waals surface area contributed by atoms with Crippen LogP contribution in [0.25, 0.3) is 33.4 Å². The third kappa shape index (κ3) is 6.74. The molecule has 0 spiro atoms. The van der Waals surface area contributed by atoms with Crippen molar-refractivity contribution in [3.05, 3.63) is 122 Å². The molecule has 326 valence electrons. The number of allylic oxidation sites excluding steroid dienone is 4. The van der Waals surface area contributed by atoms with Crippen LogP contribution in [0.5, 0.6) is 17.2 Å². The number of hydrogen-bond donors (Lipinski definition) is 9. The molecule has 0 bridgehead atoms. The molecule has 62 heavy (non-hydrogen) atoms. The standard InChI is InChI=1S/C42H33F9N4O7/c1-11(2)19-15-7-13(5)21(38(58)23(15)17(36(56)40(19)60)9-52-54-34-30(48)26(44)25(43)27(45)31(34)49)22-14(6)8-16-20(12(3)4)41(61)37(57)18(24(16)39(22)59)10-53-55-35-32(50)28(46)29(47)33(51)42(35)62/h7-12,52-55,58-62H,1-6H3. The number of hydrazine groups is 2. The lowest BCUT2D eigenvalue weighted by Crippen LogP contribution is -2.24. The number of halogens is 9. The number of ketones is 2. The number of anilines is 2. The molecule has 4 aromatic rings. The molecule has 0 aliphatic heterocycles. The van der Waals surface area contributed by atoms with E-state index in [1.807, 2.05) is 5.43 Å². The van der Waals surface area contributed by atoms with Crippen molar-refractivity contribution < 1.29 is 74.6 Å². The van der Waals surface area contributed by atoms with Crippen molar-refractivity contribution in [2.24, 2.45) is 11.8 Å². The van der Waals surface area contributed by atoms with Crippen LogP contribution >= 0.6 is 0 Å². The molecule has 2 aliphatic rings. The van der Waals surface area contributed by atoms with Crippen LogP contribution in [-0.4, -0.2) is 37.1 Å². The summed E-state index contributed by atoms with van der Waals surface area (Å²) in [5, 5.41) is 56.5. The Morgan fingerprint density at radius 3 is 1.16 bits per heavy atom. The van der Waals surface area contributed by atoms with Crippen LogP contribution in [0.15, 0.2) is 36.1 Å². The van der Waals surface area contributed by atoms with E-state index >= 15 is 0 Å². The fourth-order valence-corrected chi connectivity index (χ4v) is 7.44. The molecule has 0 saturated carbocycles. The Balaban J connectivity index is 1.56. The number of benzene rings is 4. The highest BCUT2D eigenvalue weighted by Gasteiger charge is 2.39. The molecule has 0 aromatic heterocycles. The van der Waals surface area contributed by atoms with E-state index in [1.54, 1.807) is 33.1 Å². The van der Waals surface area contributed by atoms with Crippen molar-refractivity contribution in [3.63, 3.8) is 0 Å². The average Bonchev–Trinajstić information content (AvgIpc) is 3.21. The summed E-state index contributed by atoms with van der Waals surface area (Å²) in [5.74, 6) is -28.7. The van der Waals surface area contributed by atoms with Crippen LogP contribution in [0.2, 0.25) is 0 Å². The monoisotopic (exact) mass is 876 g/mol. The van der Waals surface area contributed by atoms with Gasteiger partial charge in [0.05, 0.1) is 11.1 Å². The number of hydrogen-bond acceptors (Lipinski definition) is 11. The third-order valence-corrected chi connectivity index (χ3v) is 10.2. The summed E-state index contributed by atoms with van der Waals surface area (Å²) in [6.45, 7) is 9.34. The first kappa shape index (κ1) is 44.3. The van der Waals surface area contributed by atoms with Crippen LogP contribution in [0, 0.1) is 78.0 Å². The Kier molecular flexibility index (Phi) is 11.4. The number of Topliss-reactive ketones (excluding diaryl/α,β-unsaturated/α-hetero) is 2. The van der Waals surface area contributed by atoms with Gasteiger partial charge in [0.25, 0.3) is 0 Å². The molecule has 0 atom stereocenters. The van der Waals surface area contributed by atoms with Gasteiger partial charge < -0.3 is 36.4 Å². The molecule has 20 heteroatoms. The summed E-state index contributed by atoms with van der Waals surface area (Å²) >= 11 is 0. The van der Waals surface area contributed by atoms with E-state index in [-0.39, 0.29) is 55.7 Å². The molecule has 4 aromatic carbocycles. The number of rotatable bonds is 9. The van der Waals surface area contributed by atoms with Crippen molar-refractivity contribution in [2.75, 3.05) is 10.9 Å². The summed E-state index contributed by atoms with van der Waals surface area (Å²) < 4.78 is 127. The van der Waals surface area contributed by atoms with Gasteiger partial charge in [0, 0.05) is 45.8 Å². The SMILES string of the molecule is Cc1cc2c(c(O)c1-c1c(C)cc3c(c1O)C(=CNNc1c(F)c(F)c(F)c(F)c1F)C(=O)C(O)=C3C(C)C)C(=CNNc1c(O)c(F)c(F)c(F)c1F)C(=O)C(O)=C2C(C)C. The van der Waals surface area contributed by atoms with Crippen LogP contribution in [0.3, 0.4) is 0 Å². The van der Waals surface area contributed by atoms with Crippen LogP contribution in [0.1, 0.15) is 61.1 Å². The minimum absolute atomic E-state index is 0.0196. The second-order valence-corrected chi connectivity index (χ2v) is 14.8. The first-order valence-corrected chi connectivity index (χ1v) is 18.2. The Bertz CT molecular complexity index is 2570. The number of fused-ring (bicyclic) bond motifs is 2. The lowest BCUT2D eigenvalue weighted by molar-refractivity contribution is -0.113. The quantitative estimate of drug-likeness (QED) is 0.0195. The van der Waals surface area contributed by atoms with E-state index < -0.39 is 127 Å². The number of phenolic OH excluding ortho intramolecular Hbond substituents is 3. The Labute approximate surface area is 344 Å². The van der Waals surface area contributed by atoms with E-state index in [2.05, 4.69) is 10.9 Å². The highest BCUT2D eigenvalue weighted by atomic mass is 19.2. The summed E-state index contributed by atoms with van der Waals surface area (Å²) in [6, 6.07) is 2.83. The molecule has 0 heterocycles. The smallest absolute Gasteiger partial charge is 0.229 e. The maximum atomic E-state index is 14.5. The Hall–Kier alpha value is -7.25. The fourth-order valence-electron chi connectivity index (χ4n) is 7.44. The lowest BCUT2D eigenvalue weighted by atomic mass is 9.75. The van der Waals surface area contributed by atoms with Crippen molar-refractivity contribution in [1.29, 1.82) is 0 Å². The average molecular weight is 877 g/mol. The predicted octanol–water partition coefficient (Wildman–Crippen LogP) is 9.27. The first-order valence-electron chi connectivity index (χ1n) is 18.2. The number of aliphatic hydroxyl groups is 2. The highest BCUT2D eigenvalue weighted by Crippen LogP contribution is 2.53. The maximum Gasteiger partial charge on any atom is 0.229 e. The zero-order chi connectivity index (χ0) is 46.1. The van der Waals surface area contributed by atoms with Crippen LogP contribution in [0.4, 0.5) is 50.9 Å². The van der Waals surface area contributed by atoms with E-state index in [9.17, 15) is 74.6 Å². The Morgan fingerprint density at radius 2 is 0.790 bits per heavy atom. The first-order chi connectivity index (χ1) is 29.0. The molecule has 0 saturated heterocycles. The summed E-state index contributed by atoms with van der Waals surface area (Å²) in [7, 11) is 0. The zero-order valence-electron chi connectivity index (χ0n) is 32.9. The van der Waals surface area contributed by atoms with Crippen molar-refractivity contribution in [3.8, 4) is 28.4 Å². The number of carbonyl (C=O) groups excluding carboxylic acids is 2. The van der Waals surface area contributed by atoms with Crippen LogP contribution < -0.4 is 21.7 Å². The Morgan fingerprint density at radius 1 is 0.468 bits per heavy atom. The topological polar surface area (TPSA) is 183 Å². The normalized spacial score (nSPS) is 15.3. The van der Waals surface area contributed by atoms with Gasteiger partial charge in [-0.15, -0.1) is 0 Å². The minimum Gasteiger partial charge on any atom is -0.507 e. The van der Waals surface area contributed by atoms with E-state index in [1.165, 1.54) is 26.0 Å². The summed E-state index contributed by atoms with van der Waals surface area (Å²) in [4.78, 5) is 27.5. The van der Waals surface area contributed by atoms with Crippen LogP contribution in [-0.2, 0) is 9.59 Å². The van der Waals surface area contributed by atoms with Crippen molar-refractivity contribution >= 4 is 45.2 Å². The van der Waals surface area contributed by atoms with Gasteiger partial charge in [-0.1, -0.05) is 39.8 Å². The van der Waals surface area contributed by atoms with E-state index in [4.69, 9.17) is 0 Å². The van der Waals surface area contributed by atoms with Crippen molar-refractivity contribution in [1.82, 2.24) is 10.9 Å². The lowest BCUT2D eigenvalue weighted by Gasteiger charge is -2.29. The summed E-state index contributed by atoms with van der Waals surface area (Å²) in [6.07, 6.45) is 1.39. The van der Waals surface area contributed by atoms with Gasteiger partial charge in [-0.05, 0) is 47.9 Å². The molecule has 0 radical (unpaired) electrons. The van der Waals surface area contributed by atoms with Gasteiger partial charge in [0.2, 0.25) is 29.0 Å². The van der Waals surface area contributed by atoms with Crippen molar-refractivity contribution in [2.45, 2.75) is 41.5 Å². The second-order valence-electron chi connectivity index (χ2n) is 14.8. The fraction of sp³-hybridized carbons (Fsp3) is 0.190. The summed E-state index contributed by atoms with van der Waals surface area (Å²) in [5.41, 5.74) is 3.20. The number of carbonyl (C=O) groups is 2. The third-order valence-electron chi connectivity index (χ3n) is 10.2. The minimum atomic E-state index is -2.44.